The molecule has 150 valence electrons. The second kappa shape index (κ2) is 15.1. The molecule has 1 aliphatic heterocycles. The number of ether oxygens (including phenoxy) is 2. The summed E-state index contributed by atoms with van der Waals surface area (Å²) in [5, 5.41) is 0. The van der Waals surface area contributed by atoms with E-state index >= 15 is 0 Å². The van der Waals surface area contributed by atoms with Crippen LogP contribution in [-0.2, 0) is 22.8 Å². The van der Waals surface area contributed by atoms with Crippen LogP contribution in [0.3, 0.4) is 0 Å². The summed E-state index contributed by atoms with van der Waals surface area (Å²) in [6, 6.07) is 0.949. The molecular formula is C19H40O5Si. The summed E-state index contributed by atoms with van der Waals surface area (Å²) in [5.41, 5.74) is 0. The molecule has 0 spiro atoms. The van der Waals surface area contributed by atoms with Gasteiger partial charge in [0.2, 0.25) is 0 Å². The van der Waals surface area contributed by atoms with Crippen LogP contribution in [0.15, 0.2) is 0 Å². The van der Waals surface area contributed by atoms with Crippen LogP contribution >= 0.6 is 0 Å². The first-order chi connectivity index (χ1) is 12.3. The van der Waals surface area contributed by atoms with Gasteiger partial charge in [0.05, 0.1) is 13.2 Å². The van der Waals surface area contributed by atoms with E-state index in [-0.39, 0.29) is 0 Å². The van der Waals surface area contributed by atoms with Gasteiger partial charge in [0.15, 0.2) is 0 Å². The van der Waals surface area contributed by atoms with Gasteiger partial charge in [-0.1, -0.05) is 38.5 Å². The molecule has 0 aromatic rings. The molecule has 0 aromatic carbocycles. The third-order valence-corrected chi connectivity index (χ3v) is 7.47. The van der Waals surface area contributed by atoms with E-state index < -0.39 is 8.80 Å². The van der Waals surface area contributed by atoms with Crippen molar-refractivity contribution in [3.63, 3.8) is 0 Å². The highest BCUT2D eigenvalue weighted by Gasteiger charge is 2.39. The number of hydrogen-bond donors (Lipinski definition) is 0. The van der Waals surface area contributed by atoms with Crippen molar-refractivity contribution in [3.05, 3.63) is 0 Å². The molecule has 0 aromatic heterocycles. The van der Waals surface area contributed by atoms with E-state index in [4.69, 9.17) is 22.8 Å². The van der Waals surface area contributed by atoms with E-state index in [9.17, 15) is 0 Å². The summed E-state index contributed by atoms with van der Waals surface area (Å²) in [6.07, 6.45) is 10.5. The first-order valence-corrected chi connectivity index (χ1v) is 12.3. The van der Waals surface area contributed by atoms with E-state index in [1.54, 1.807) is 0 Å². The molecule has 0 bridgehead atoms. The molecule has 1 saturated heterocycles. The topological polar surface area (TPSA) is 49.5 Å². The van der Waals surface area contributed by atoms with Crippen molar-refractivity contribution in [2.45, 2.75) is 84.3 Å². The molecule has 1 fully saturated rings. The Balaban J connectivity index is 1.92. The second-order valence-corrected chi connectivity index (χ2v) is 9.32. The summed E-state index contributed by atoms with van der Waals surface area (Å²) >= 11 is 0. The van der Waals surface area contributed by atoms with Crippen LogP contribution in [0.25, 0.3) is 0 Å². The highest BCUT2D eigenvalue weighted by atomic mass is 28.4. The Morgan fingerprint density at radius 3 is 1.72 bits per heavy atom. The van der Waals surface area contributed by atoms with E-state index in [0.29, 0.717) is 25.9 Å². The Kier molecular flexibility index (Phi) is 13.9. The number of hydrogen-bond acceptors (Lipinski definition) is 5. The Bertz CT molecular complexity index is 283. The largest absolute Gasteiger partial charge is 0.500 e. The van der Waals surface area contributed by atoms with Crippen molar-refractivity contribution in [3.8, 4) is 0 Å². The highest BCUT2D eigenvalue weighted by Crippen LogP contribution is 2.21. The zero-order valence-electron chi connectivity index (χ0n) is 16.7. The molecule has 1 rings (SSSR count). The van der Waals surface area contributed by atoms with Crippen molar-refractivity contribution >= 4 is 8.80 Å². The maximum Gasteiger partial charge on any atom is 0.500 e. The minimum absolute atomic E-state index is 0.398. The SMILES string of the molecule is CCO[Si](CCCCCCCCCCOCC1CO1)(OCC)OCC. The summed E-state index contributed by atoms with van der Waals surface area (Å²) < 4.78 is 28.4. The van der Waals surface area contributed by atoms with Crippen LogP contribution in [0.2, 0.25) is 6.04 Å². The normalized spacial score (nSPS) is 17.2. The second-order valence-electron chi connectivity index (χ2n) is 6.59. The predicted octanol–water partition coefficient (Wildman–Crippen LogP) is 4.57. The molecule has 1 unspecified atom stereocenters. The number of unbranched alkanes of at least 4 members (excludes halogenated alkanes) is 7. The van der Waals surface area contributed by atoms with Gasteiger partial charge in [0.1, 0.15) is 6.10 Å². The summed E-state index contributed by atoms with van der Waals surface area (Å²) in [4.78, 5) is 0. The van der Waals surface area contributed by atoms with Crippen LogP contribution in [0.5, 0.6) is 0 Å². The average Bonchev–Trinajstić information content (AvgIpc) is 3.41. The van der Waals surface area contributed by atoms with Gasteiger partial charge in [-0.05, 0) is 33.6 Å². The van der Waals surface area contributed by atoms with Gasteiger partial charge in [-0.25, -0.2) is 0 Å². The molecule has 5 nitrogen and oxygen atoms in total. The summed E-state index contributed by atoms with van der Waals surface area (Å²) in [7, 11) is -2.42. The molecule has 0 saturated carbocycles. The molecule has 0 amide bonds. The van der Waals surface area contributed by atoms with Crippen LogP contribution in [0, 0.1) is 0 Å². The molecule has 6 heteroatoms. The average molecular weight is 377 g/mol. The lowest BCUT2D eigenvalue weighted by Crippen LogP contribution is -2.45. The molecule has 0 N–H and O–H groups in total. The van der Waals surface area contributed by atoms with Crippen LogP contribution in [-0.4, -0.2) is 54.5 Å². The molecular weight excluding hydrogens is 336 g/mol. The number of rotatable bonds is 19. The smallest absolute Gasteiger partial charge is 0.379 e. The first-order valence-electron chi connectivity index (χ1n) is 10.4. The van der Waals surface area contributed by atoms with Crippen LogP contribution in [0.4, 0.5) is 0 Å². The van der Waals surface area contributed by atoms with Crippen molar-refractivity contribution < 1.29 is 22.8 Å². The van der Waals surface area contributed by atoms with Gasteiger partial charge < -0.3 is 22.8 Å². The van der Waals surface area contributed by atoms with Gasteiger partial charge in [0.25, 0.3) is 0 Å². The lowest BCUT2D eigenvalue weighted by atomic mass is 10.1. The van der Waals surface area contributed by atoms with Gasteiger partial charge in [-0.15, -0.1) is 0 Å². The molecule has 1 atom stereocenters. The maximum absolute atomic E-state index is 5.90. The zero-order chi connectivity index (χ0) is 18.2. The highest BCUT2D eigenvalue weighted by molar-refractivity contribution is 6.60. The fraction of sp³-hybridized carbons (Fsp3) is 1.00. The monoisotopic (exact) mass is 376 g/mol. The lowest BCUT2D eigenvalue weighted by Gasteiger charge is -2.28. The van der Waals surface area contributed by atoms with E-state index in [1.165, 1.54) is 44.9 Å². The van der Waals surface area contributed by atoms with Crippen LogP contribution in [0.1, 0.15) is 72.1 Å². The molecule has 1 aliphatic rings. The standard InChI is InChI=1S/C19H40O5Si/c1-4-22-25(23-5-2,24-6-3)16-14-12-10-8-7-9-11-13-15-20-17-19-18-21-19/h19H,4-18H2,1-3H3. The minimum Gasteiger partial charge on any atom is -0.379 e. The lowest BCUT2D eigenvalue weighted by molar-refractivity contribution is 0.0706. The molecule has 25 heavy (non-hydrogen) atoms. The van der Waals surface area contributed by atoms with Crippen molar-refractivity contribution in [2.24, 2.45) is 0 Å². The fourth-order valence-corrected chi connectivity index (χ4v) is 5.67. The van der Waals surface area contributed by atoms with Gasteiger partial charge in [-0.3, -0.25) is 0 Å². The van der Waals surface area contributed by atoms with E-state index in [2.05, 4.69) is 0 Å². The summed E-state index contributed by atoms with van der Waals surface area (Å²) in [6.45, 7) is 10.6. The van der Waals surface area contributed by atoms with E-state index in [0.717, 1.165) is 32.3 Å². The quantitative estimate of drug-likeness (QED) is 0.188. The van der Waals surface area contributed by atoms with Crippen molar-refractivity contribution in [1.82, 2.24) is 0 Å². The molecule has 1 heterocycles. The Morgan fingerprint density at radius 1 is 0.760 bits per heavy atom. The number of epoxide rings is 1. The summed E-state index contributed by atoms with van der Waals surface area (Å²) in [5.74, 6) is 0. The third-order valence-electron chi connectivity index (χ3n) is 4.32. The third kappa shape index (κ3) is 12.1. The van der Waals surface area contributed by atoms with Gasteiger partial charge in [-0.2, -0.15) is 0 Å². The molecule has 0 radical (unpaired) electrons. The Hall–Kier alpha value is 0.0169. The maximum atomic E-state index is 5.90. The first kappa shape index (κ1) is 23.1. The molecule has 0 aliphatic carbocycles. The van der Waals surface area contributed by atoms with Crippen molar-refractivity contribution in [1.29, 1.82) is 0 Å². The zero-order valence-corrected chi connectivity index (χ0v) is 17.7. The van der Waals surface area contributed by atoms with E-state index in [1.807, 2.05) is 20.8 Å². The predicted molar refractivity (Wildman–Crippen MR) is 103 cm³/mol. The van der Waals surface area contributed by atoms with Crippen molar-refractivity contribution in [2.75, 3.05) is 39.6 Å². The Labute approximate surface area is 156 Å². The fourth-order valence-electron chi connectivity index (χ4n) is 2.99. The van der Waals surface area contributed by atoms with Gasteiger partial charge in [0, 0.05) is 32.5 Å². The van der Waals surface area contributed by atoms with Crippen LogP contribution < -0.4 is 0 Å². The Morgan fingerprint density at radius 2 is 1.24 bits per heavy atom. The van der Waals surface area contributed by atoms with Gasteiger partial charge >= 0.3 is 8.80 Å². The minimum atomic E-state index is -2.42.